The maximum atomic E-state index is 11.8. The van der Waals surface area contributed by atoms with Gasteiger partial charge in [-0.3, -0.25) is 4.90 Å². The number of piperazine rings is 1. The Morgan fingerprint density at radius 2 is 1.94 bits per heavy atom. The molecule has 1 N–H and O–H groups in total. The first kappa shape index (κ1) is 15.9. The maximum Gasteiger partial charge on any atom is 0.151 e. The molecule has 0 aromatic rings. The van der Waals surface area contributed by atoms with E-state index in [2.05, 4.69) is 31.0 Å². The molecule has 108 valence electrons. The van der Waals surface area contributed by atoms with Crippen LogP contribution < -0.4 is 5.32 Å². The molecule has 0 radical (unpaired) electrons. The molecular formula is C13H28N2O2S. The predicted octanol–water partition coefficient (Wildman–Crippen LogP) is 1.13. The Morgan fingerprint density at radius 1 is 1.28 bits per heavy atom. The van der Waals surface area contributed by atoms with Crippen LogP contribution in [0, 0.1) is 5.41 Å². The summed E-state index contributed by atoms with van der Waals surface area (Å²) in [7, 11) is -2.86. The minimum Gasteiger partial charge on any atom is -0.314 e. The Morgan fingerprint density at radius 3 is 2.50 bits per heavy atom. The summed E-state index contributed by atoms with van der Waals surface area (Å²) in [6, 6.07) is 0.420. The molecule has 1 atom stereocenters. The van der Waals surface area contributed by atoms with Gasteiger partial charge in [0.1, 0.15) is 0 Å². The van der Waals surface area contributed by atoms with Crippen LogP contribution in [0.3, 0.4) is 0 Å². The summed E-state index contributed by atoms with van der Waals surface area (Å²) in [6.07, 6.45) is 0.715. The first-order valence-electron chi connectivity index (χ1n) is 6.91. The Hall–Kier alpha value is -0.130. The second kappa shape index (κ2) is 6.35. The van der Waals surface area contributed by atoms with Gasteiger partial charge in [0.25, 0.3) is 0 Å². The summed E-state index contributed by atoms with van der Waals surface area (Å²) in [5.74, 6) is 0.618. The smallest absolute Gasteiger partial charge is 0.151 e. The van der Waals surface area contributed by atoms with Gasteiger partial charge in [0, 0.05) is 38.0 Å². The third-order valence-corrected chi connectivity index (χ3v) is 5.39. The van der Waals surface area contributed by atoms with Gasteiger partial charge in [-0.1, -0.05) is 27.7 Å². The van der Waals surface area contributed by atoms with E-state index in [1.165, 1.54) is 0 Å². The zero-order chi connectivity index (χ0) is 13.8. The Balaban J connectivity index is 2.58. The fourth-order valence-corrected chi connectivity index (χ4v) is 3.88. The van der Waals surface area contributed by atoms with Gasteiger partial charge in [-0.2, -0.15) is 0 Å². The molecule has 0 aliphatic carbocycles. The van der Waals surface area contributed by atoms with Crippen molar-refractivity contribution in [3.63, 3.8) is 0 Å². The molecule has 1 aliphatic rings. The number of rotatable bonds is 5. The van der Waals surface area contributed by atoms with E-state index >= 15 is 0 Å². The molecule has 0 aromatic carbocycles. The Bertz CT molecular complexity index is 346. The quantitative estimate of drug-likeness (QED) is 0.818. The number of nitrogens with zero attached hydrogens (tertiary/aromatic N) is 1. The van der Waals surface area contributed by atoms with Gasteiger partial charge in [0.05, 0.1) is 5.75 Å². The van der Waals surface area contributed by atoms with Gasteiger partial charge in [-0.15, -0.1) is 0 Å². The summed E-state index contributed by atoms with van der Waals surface area (Å²) in [6.45, 7) is 12.1. The fourth-order valence-electron chi connectivity index (χ4n) is 2.54. The first-order valence-corrected chi connectivity index (χ1v) is 8.73. The lowest BCUT2D eigenvalue weighted by Crippen LogP contribution is -2.57. The van der Waals surface area contributed by atoms with Crippen LogP contribution in [0.1, 0.15) is 34.1 Å². The molecule has 1 saturated heterocycles. The van der Waals surface area contributed by atoms with Gasteiger partial charge in [-0.25, -0.2) is 8.42 Å². The lowest BCUT2D eigenvalue weighted by Gasteiger charge is -2.43. The van der Waals surface area contributed by atoms with Gasteiger partial charge >= 0.3 is 0 Å². The highest BCUT2D eigenvalue weighted by molar-refractivity contribution is 7.91. The van der Waals surface area contributed by atoms with E-state index in [-0.39, 0.29) is 5.41 Å². The largest absolute Gasteiger partial charge is 0.314 e. The van der Waals surface area contributed by atoms with Crippen molar-refractivity contribution in [3.05, 3.63) is 0 Å². The van der Waals surface area contributed by atoms with Crippen LogP contribution in [0.5, 0.6) is 0 Å². The Labute approximate surface area is 112 Å². The van der Waals surface area contributed by atoms with Crippen molar-refractivity contribution < 1.29 is 8.42 Å². The third-order valence-electron chi connectivity index (χ3n) is 3.56. The van der Waals surface area contributed by atoms with Crippen molar-refractivity contribution in [1.82, 2.24) is 10.2 Å². The van der Waals surface area contributed by atoms with Gasteiger partial charge in [0.15, 0.2) is 9.84 Å². The lowest BCUT2D eigenvalue weighted by molar-refractivity contribution is 0.0813. The van der Waals surface area contributed by atoms with E-state index in [1.807, 2.05) is 6.92 Å². The van der Waals surface area contributed by atoms with E-state index in [4.69, 9.17) is 0 Å². The van der Waals surface area contributed by atoms with Crippen LogP contribution in [0.15, 0.2) is 0 Å². The van der Waals surface area contributed by atoms with Crippen molar-refractivity contribution >= 4 is 9.84 Å². The molecule has 0 aromatic heterocycles. The average molecular weight is 276 g/mol. The molecule has 1 unspecified atom stereocenters. The van der Waals surface area contributed by atoms with E-state index < -0.39 is 9.84 Å². The number of sulfone groups is 1. The summed E-state index contributed by atoms with van der Waals surface area (Å²) >= 11 is 0. The molecule has 0 amide bonds. The molecule has 1 heterocycles. The van der Waals surface area contributed by atoms with Crippen molar-refractivity contribution in [2.24, 2.45) is 5.41 Å². The molecule has 1 aliphatic heterocycles. The molecule has 0 spiro atoms. The molecule has 4 nitrogen and oxygen atoms in total. The lowest BCUT2D eigenvalue weighted by atomic mass is 9.84. The summed E-state index contributed by atoms with van der Waals surface area (Å²) in [5, 5.41) is 3.40. The zero-order valence-corrected chi connectivity index (χ0v) is 13.0. The second-order valence-electron chi connectivity index (χ2n) is 6.27. The second-order valence-corrected chi connectivity index (χ2v) is 8.58. The van der Waals surface area contributed by atoms with Crippen molar-refractivity contribution in [2.45, 2.75) is 40.2 Å². The third kappa shape index (κ3) is 4.86. The summed E-state index contributed by atoms with van der Waals surface area (Å²) in [4.78, 5) is 2.34. The van der Waals surface area contributed by atoms with Crippen LogP contribution in [0.4, 0.5) is 0 Å². The molecule has 1 fully saturated rings. The molecule has 5 heteroatoms. The van der Waals surface area contributed by atoms with Crippen LogP contribution in [0.2, 0.25) is 0 Å². The minimum atomic E-state index is -2.86. The molecule has 0 bridgehead atoms. The normalized spacial score (nSPS) is 23.2. The molecule has 18 heavy (non-hydrogen) atoms. The highest BCUT2D eigenvalue weighted by Crippen LogP contribution is 2.25. The zero-order valence-electron chi connectivity index (χ0n) is 12.2. The number of nitrogens with one attached hydrogen (secondary N) is 1. The van der Waals surface area contributed by atoms with E-state index in [0.717, 1.165) is 19.6 Å². The van der Waals surface area contributed by atoms with Gasteiger partial charge in [-0.05, 0) is 11.8 Å². The van der Waals surface area contributed by atoms with Crippen LogP contribution in [-0.4, -0.2) is 57.0 Å². The molecule has 0 saturated carbocycles. The summed E-state index contributed by atoms with van der Waals surface area (Å²) in [5.41, 5.74) is 0.182. The molecule has 1 rings (SSSR count). The fraction of sp³-hybridized carbons (Fsp3) is 1.00. The van der Waals surface area contributed by atoms with Crippen molar-refractivity contribution in [2.75, 3.05) is 37.7 Å². The standard InChI is InChI=1S/C13H28N2O2S/c1-5-9-18(16,17)10-8-15-7-6-14-11-12(15)13(2,3)4/h12,14H,5-11H2,1-4H3. The number of hydrogen-bond donors (Lipinski definition) is 1. The predicted molar refractivity (Wildman–Crippen MR) is 76.6 cm³/mol. The van der Waals surface area contributed by atoms with Gasteiger partial charge < -0.3 is 5.32 Å². The van der Waals surface area contributed by atoms with Crippen molar-refractivity contribution in [1.29, 1.82) is 0 Å². The van der Waals surface area contributed by atoms with E-state index in [9.17, 15) is 8.42 Å². The SMILES string of the molecule is CCCS(=O)(=O)CCN1CCNCC1C(C)(C)C. The highest BCUT2D eigenvalue weighted by Gasteiger charge is 2.32. The summed E-state index contributed by atoms with van der Waals surface area (Å²) < 4.78 is 23.6. The minimum absolute atomic E-state index is 0.182. The molecular weight excluding hydrogens is 248 g/mol. The Kier molecular flexibility index (Phi) is 5.62. The van der Waals surface area contributed by atoms with Crippen LogP contribution in [0.25, 0.3) is 0 Å². The van der Waals surface area contributed by atoms with Gasteiger partial charge in [0.2, 0.25) is 0 Å². The monoisotopic (exact) mass is 276 g/mol. The van der Waals surface area contributed by atoms with Crippen LogP contribution in [-0.2, 0) is 9.84 Å². The van der Waals surface area contributed by atoms with E-state index in [0.29, 0.717) is 30.5 Å². The highest BCUT2D eigenvalue weighted by atomic mass is 32.2. The number of hydrogen-bond acceptors (Lipinski definition) is 4. The maximum absolute atomic E-state index is 11.8. The average Bonchev–Trinajstić information content (AvgIpc) is 2.26. The van der Waals surface area contributed by atoms with Crippen molar-refractivity contribution in [3.8, 4) is 0 Å². The van der Waals surface area contributed by atoms with E-state index in [1.54, 1.807) is 0 Å². The first-order chi connectivity index (χ1) is 8.26. The van der Waals surface area contributed by atoms with Crippen LogP contribution >= 0.6 is 0 Å². The topological polar surface area (TPSA) is 49.4 Å².